The molecule has 0 aliphatic heterocycles. The molecule has 4 rings (SSSR count). The SMILES string of the molecule is c1ccc(-c2cccc(-c3ncc4ccccc4n3)n2)cc1. The molecule has 4 aromatic rings. The van der Waals surface area contributed by atoms with E-state index in [4.69, 9.17) is 4.98 Å². The number of para-hydroxylation sites is 1. The second-order valence-corrected chi connectivity index (χ2v) is 5.03. The highest BCUT2D eigenvalue weighted by Crippen LogP contribution is 2.21. The minimum Gasteiger partial charge on any atom is -0.244 e. The third-order valence-corrected chi connectivity index (χ3v) is 3.54. The fourth-order valence-corrected chi connectivity index (χ4v) is 2.42. The number of hydrogen-bond acceptors (Lipinski definition) is 3. The molecule has 0 amide bonds. The van der Waals surface area contributed by atoms with Gasteiger partial charge in [0, 0.05) is 17.1 Å². The third-order valence-electron chi connectivity index (χ3n) is 3.54. The monoisotopic (exact) mass is 283 g/mol. The average molecular weight is 283 g/mol. The van der Waals surface area contributed by atoms with Gasteiger partial charge in [0.1, 0.15) is 5.69 Å². The number of aromatic nitrogens is 3. The van der Waals surface area contributed by atoms with E-state index >= 15 is 0 Å². The summed E-state index contributed by atoms with van der Waals surface area (Å²) in [7, 11) is 0. The highest BCUT2D eigenvalue weighted by molar-refractivity contribution is 5.79. The largest absolute Gasteiger partial charge is 0.244 e. The molecular formula is C19H13N3. The van der Waals surface area contributed by atoms with Crippen LogP contribution in [0.3, 0.4) is 0 Å². The smallest absolute Gasteiger partial charge is 0.178 e. The van der Waals surface area contributed by atoms with Crippen LogP contribution in [0.1, 0.15) is 0 Å². The van der Waals surface area contributed by atoms with Crippen LogP contribution in [0.5, 0.6) is 0 Å². The van der Waals surface area contributed by atoms with Crippen molar-refractivity contribution in [3.63, 3.8) is 0 Å². The van der Waals surface area contributed by atoms with Crippen LogP contribution in [0, 0.1) is 0 Å². The van der Waals surface area contributed by atoms with E-state index in [-0.39, 0.29) is 0 Å². The Morgan fingerprint density at radius 3 is 2.27 bits per heavy atom. The summed E-state index contributed by atoms with van der Waals surface area (Å²) in [6.45, 7) is 0. The average Bonchev–Trinajstić information content (AvgIpc) is 2.62. The number of fused-ring (bicyclic) bond motifs is 1. The van der Waals surface area contributed by atoms with Crippen LogP contribution in [0.2, 0.25) is 0 Å². The number of rotatable bonds is 2. The third kappa shape index (κ3) is 2.33. The Kier molecular flexibility index (Phi) is 3.09. The van der Waals surface area contributed by atoms with Gasteiger partial charge in [0.2, 0.25) is 0 Å². The Labute approximate surface area is 128 Å². The van der Waals surface area contributed by atoms with Crippen LogP contribution in [-0.2, 0) is 0 Å². The van der Waals surface area contributed by atoms with Gasteiger partial charge in [-0.05, 0) is 18.2 Å². The van der Waals surface area contributed by atoms with Gasteiger partial charge in [-0.15, -0.1) is 0 Å². The van der Waals surface area contributed by atoms with Crippen molar-refractivity contribution < 1.29 is 0 Å². The van der Waals surface area contributed by atoms with Gasteiger partial charge in [-0.3, -0.25) is 0 Å². The van der Waals surface area contributed by atoms with E-state index in [1.54, 1.807) is 0 Å². The lowest BCUT2D eigenvalue weighted by Gasteiger charge is -2.05. The van der Waals surface area contributed by atoms with Crippen LogP contribution in [0.25, 0.3) is 33.7 Å². The summed E-state index contributed by atoms with van der Waals surface area (Å²) >= 11 is 0. The topological polar surface area (TPSA) is 38.7 Å². The molecule has 3 nitrogen and oxygen atoms in total. The summed E-state index contributed by atoms with van der Waals surface area (Å²) in [4.78, 5) is 13.7. The van der Waals surface area contributed by atoms with Crippen molar-refractivity contribution in [3.05, 3.63) is 79.0 Å². The van der Waals surface area contributed by atoms with E-state index in [0.717, 1.165) is 27.9 Å². The van der Waals surface area contributed by atoms with Crippen molar-refractivity contribution >= 4 is 10.9 Å². The standard InChI is InChI=1S/C19H13N3/c1-2-7-14(8-3-1)16-11-6-12-18(21-16)19-20-13-15-9-4-5-10-17(15)22-19/h1-13H. The first-order chi connectivity index (χ1) is 10.9. The Bertz CT molecular complexity index is 933. The predicted molar refractivity (Wildman–Crippen MR) is 88.2 cm³/mol. The quantitative estimate of drug-likeness (QED) is 0.548. The van der Waals surface area contributed by atoms with E-state index in [1.165, 1.54) is 0 Å². The molecule has 0 saturated heterocycles. The molecule has 0 aliphatic carbocycles. The molecule has 2 heterocycles. The van der Waals surface area contributed by atoms with Crippen LogP contribution >= 0.6 is 0 Å². The van der Waals surface area contributed by atoms with Gasteiger partial charge in [0.05, 0.1) is 11.2 Å². The van der Waals surface area contributed by atoms with Gasteiger partial charge >= 0.3 is 0 Å². The van der Waals surface area contributed by atoms with E-state index < -0.39 is 0 Å². The van der Waals surface area contributed by atoms with Crippen LogP contribution < -0.4 is 0 Å². The summed E-state index contributed by atoms with van der Waals surface area (Å²) in [6, 6.07) is 24.0. The van der Waals surface area contributed by atoms with E-state index in [9.17, 15) is 0 Å². The van der Waals surface area contributed by atoms with Crippen molar-refractivity contribution in [1.29, 1.82) is 0 Å². The molecule has 104 valence electrons. The van der Waals surface area contributed by atoms with Gasteiger partial charge in [0.15, 0.2) is 5.82 Å². The molecule has 22 heavy (non-hydrogen) atoms. The Morgan fingerprint density at radius 1 is 0.591 bits per heavy atom. The first-order valence-corrected chi connectivity index (χ1v) is 7.15. The molecule has 3 heteroatoms. The van der Waals surface area contributed by atoms with Gasteiger partial charge in [0.25, 0.3) is 0 Å². The minimum absolute atomic E-state index is 0.650. The second-order valence-electron chi connectivity index (χ2n) is 5.03. The maximum absolute atomic E-state index is 4.70. The summed E-state index contributed by atoms with van der Waals surface area (Å²) in [5.41, 5.74) is 3.73. The van der Waals surface area contributed by atoms with Crippen LogP contribution in [-0.4, -0.2) is 15.0 Å². The van der Waals surface area contributed by atoms with Gasteiger partial charge in [-0.1, -0.05) is 54.6 Å². The lowest BCUT2D eigenvalue weighted by Crippen LogP contribution is -1.93. The summed E-state index contributed by atoms with van der Waals surface area (Å²) in [6.07, 6.45) is 1.84. The Balaban J connectivity index is 1.81. The molecule has 0 unspecified atom stereocenters. The molecule has 0 fully saturated rings. The summed E-state index contributed by atoms with van der Waals surface area (Å²) < 4.78 is 0. The second kappa shape index (κ2) is 5.37. The van der Waals surface area contributed by atoms with Crippen LogP contribution in [0.4, 0.5) is 0 Å². The molecule has 0 N–H and O–H groups in total. The van der Waals surface area contributed by atoms with Crippen molar-refractivity contribution in [2.75, 3.05) is 0 Å². The first-order valence-electron chi connectivity index (χ1n) is 7.15. The molecule has 0 radical (unpaired) electrons. The molecular weight excluding hydrogens is 270 g/mol. The minimum atomic E-state index is 0.650. The lowest BCUT2D eigenvalue weighted by molar-refractivity contribution is 1.18. The highest BCUT2D eigenvalue weighted by atomic mass is 14.9. The molecule has 0 aliphatic rings. The molecule has 0 bridgehead atoms. The molecule has 0 spiro atoms. The summed E-state index contributed by atoms with van der Waals surface area (Å²) in [5, 5.41) is 1.03. The zero-order valence-corrected chi connectivity index (χ0v) is 11.8. The van der Waals surface area contributed by atoms with Gasteiger partial charge in [-0.25, -0.2) is 15.0 Å². The fraction of sp³-hybridized carbons (Fsp3) is 0. The van der Waals surface area contributed by atoms with Crippen molar-refractivity contribution in [1.82, 2.24) is 15.0 Å². The van der Waals surface area contributed by atoms with E-state index in [1.807, 2.05) is 79.0 Å². The highest BCUT2D eigenvalue weighted by Gasteiger charge is 2.06. The molecule has 2 aromatic carbocycles. The molecule has 0 atom stereocenters. The number of hydrogen-bond donors (Lipinski definition) is 0. The van der Waals surface area contributed by atoms with E-state index in [2.05, 4.69) is 9.97 Å². The van der Waals surface area contributed by atoms with Gasteiger partial charge in [-0.2, -0.15) is 0 Å². The molecule has 2 aromatic heterocycles. The van der Waals surface area contributed by atoms with Crippen molar-refractivity contribution in [3.8, 4) is 22.8 Å². The summed E-state index contributed by atoms with van der Waals surface area (Å²) in [5.74, 6) is 0.650. The maximum Gasteiger partial charge on any atom is 0.178 e. The number of nitrogens with zero attached hydrogens (tertiary/aromatic N) is 3. The number of benzene rings is 2. The maximum atomic E-state index is 4.70. The van der Waals surface area contributed by atoms with Crippen LogP contribution in [0.15, 0.2) is 79.0 Å². The first kappa shape index (κ1) is 12.7. The Morgan fingerprint density at radius 2 is 1.36 bits per heavy atom. The fourth-order valence-electron chi connectivity index (χ4n) is 2.42. The zero-order valence-electron chi connectivity index (χ0n) is 11.8. The number of pyridine rings is 1. The van der Waals surface area contributed by atoms with Crippen molar-refractivity contribution in [2.24, 2.45) is 0 Å². The van der Waals surface area contributed by atoms with Crippen molar-refractivity contribution in [2.45, 2.75) is 0 Å². The van der Waals surface area contributed by atoms with Gasteiger partial charge < -0.3 is 0 Å². The Hall–Kier alpha value is -3.07. The molecule has 0 saturated carbocycles. The van der Waals surface area contributed by atoms with E-state index in [0.29, 0.717) is 5.82 Å². The lowest BCUT2D eigenvalue weighted by atomic mass is 10.1. The predicted octanol–water partition coefficient (Wildman–Crippen LogP) is 4.36. The normalized spacial score (nSPS) is 10.7. The zero-order chi connectivity index (χ0) is 14.8.